The molecular weight excluding hydrogens is 376 g/mol. The summed E-state index contributed by atoms with van der Waals surface area (Å²) < 4.78 is 0. The Balaban J connectivity index is 0. The number of hydrogen-bond donors (Lipinski definition) is 9. The molecule has 0 aliphatic carbocycles. The first-order valence-electron chi connectivity index (χ1n) is 8.56. The number of aliphatic hydroxyl groups excluding tert-OH is 1. The SMILES string of the molecule is CC(O)C(N)C(=O)O.NC(N)=NCCCC(N)C(=O)O.O=C(O)[C@@H]1CCCN1. The van der Waals surface area contributed by atoms with Crippen molar-refractivity contribution < 1.29 is 34.8 Å². The predicted octanol–water partition coefficient (Wildman–Crippen LogP) is -2.95. The largest absolute Gasteiger partial charge is 0.480 e. The number of rotatable bonds is 8. The topological polar surface area (TPSA) is 261 Å². The van der Waals surface area contributed by atoms with Gasteiger partial charge in [0.1, 0.15) is 18.1 Å². The van der Waals surface area contributed by atoms with Crippen LogP contribution in [0.5, 0.6) is 0 Å². The van der Waals surface area contributed by atoms with E-state index in [2.05, 4.69) is 10.3 Å². The third kappa shape index (κ3) is 15.7. The van der Waals surface area contributed by atoms with Crippen molar-refractivity contribution >= 4 is 23.9 Å². The van der Waals surface area contributed by atoms with Gasteiger partial charge in [0.15, 0.2) is 5.96 Å². The van der Waals surface area contributed by atoms with Gasteiger partial charge in [0.25, 0.3) is 0 Å². The predicted molar refractivity (Wildman–Crippen MR) is 101 cm³/mol. The van der Waals surface area contributed by atoms with Crippen LogP contribution >= 0.6 is 0 Å². The van der Waals surface area contributed by atoms with E-state index in [0.717, 1.165) is 19.4 Å². The van der Waals surface area contributed by atoms with Crippen molar-refractivity contribution in [2.24, 2.45) is 27.9 Å². The van der Waals surface area contributed by atoms with Gasteiger partial charge in [-0.05, 0) is 39.2 Å². The highest BCUT2D eigenvalue weighted by Gasteiger charge is 2.20. The second kappa shape index (κ2) is 15.6. The lowest BCUT2D eigenvalue weighted by Crippen LogP contribution is -2.39. The van der Waals surface area contributed by atoms with Crippen molar-refractivity contribution in [3.05, 3.63) is 0 Å². The molecule has 0 amide bonds. The van der Waals surface area contributed by atoms with Gasteiger partial charge in [-0.15, -0.1) is 0 Å². The number of hydrogen-bond acceptors (Lipinski definition) is 8. The molecule has 1 fully saturated rings. The van der Waals surface area contributed by atoms with Crippen LogP contribution in [0.4, 0.5) is 0 Å². The molecule has 0 bridgehead atoms. The fraction of sp³-hybridized carbons (Fsp3) is 0.733. The third-order valence-corrected chi connectivity index (χ3v) is 3.45. The first kappa shape index (κ1) is 27.7. The van der Waals surface area contributed by atoms with E-state index >= 15 is 0 Å². The molecule has 1 saturated heterocycles. The summed E-state index contributed by atoms with van der Waals surface area (Å²) in [4.78, 5) is 33.9. The Kier molecular flexibility index (Phi) is 15.4. The maximum atomic E-state index is 10.2. The van der Waals surface area contributed by atoms with Gasteiger partial charge in [-0.25, -0.2) is 0 Å². The third-order valence-electron chi connectivity index (χ3n) is 3.45. The zero-order valence-corrected chi connectivity index (χ0v) is 15.8. The molecule has 4 atom stereocenters. The van der Waals surface area contributed by atoms with Crippen LogP contribution in [-0.4, -0.2) is 81.6 Å². The van der Waals surface area contributed by atoms with Crippen molar-refractivity contribution in [3.63, 3.8) is 0 Å². The van der Waals surface area contributed by atoms with Gasteiger partial charge in [0, 0.05) is 6.54 Å². The molecule has 13 nitrogen and oxygen atoms in total. The van der Waals surface area contributed by atoms with Crippen LogP contribution in [0, 0.1) is 0 Å². The number of carboxylic acid groups (broad SMARTS) is 3. The highest BCUT2D eigenvalue weighted by atomic mass is 16.4. The van der Waals surface area contributed by atoms with Crippen LogP contribution in [0.2, 0.25) is 0 Å². The number of carboxylic acids is 3. The normalized spacial score (nSPS) is 18.2. The molecule has 0 saturated carbocycles. The molecule has 28 heavy (non-hydrogen) atoms. The molecule has 13 heteroatoms. The van der Waals surface area contributed by atoms with Crippen LogP contribution < -0.4 is 28.3 Å². The second-order valence-corrected chi connectivity index (χ2v) is 5.99. The Bertz CT molecular complexity index is 493. The average Bonchev–Trinajstić information content (AvgIpc) is 3.13. The van der Waals surface area contributed by atoms with Crippen LogP contribution in [0.15, 0.2) is 4.99 Å². The summed E-state index contributed by atoms with van der Waals surface area (Å²) in [7, 11) is 0. The molecule has 3 unspecified atom stereocenters. The molecule has 1 heterocycles. The molecule has 1 aliphatic heterocycles. The van der Waals surface area contributed by atoms with Gasteiger partial charge in [-0.2, -0.15) is 0 Å². The summed E-state index contributed by atoms with van der Waals surface area (Å²) in [5, 5.41) is 36.1. The number of aliphatic imine (C=N–C) groups is 1. The lowest BCUT2D eigenvalue weighted by molar-refractivity contribution is -0.141. The lowest BCUT2D eigenvalue weighted by Gasteiger charge is -2.06. The van der Waals surface area contributed by atoms with Crippen LogP contribution in [0.1, 0.15) is 32.6 Å². The molecule has 164 valence electrons. The number of aliphatic carboxylic acids is 3. The van der Waals surface area contributed by atoms with E-state index in [1.165, 1.54) is 6.92 Å². The smallest absolute Gasteiger partial charge is 0.323 e. The first-order valence-corrected chi connectivity index (χ1v) is 8.56. The van der Waals surface area contributed by atoms with E-state index in [4.69, 9.17) is 43.4 Å². The zero-order chi connectivity index (χ0) is 22.3. The van der Waals surface area contributed by atoms with Crippen LogP contribution in [-0.2, 0) is 14.4 Å². The Labute approximate surface area is 162 Å². The molecule has 1 aliphatic rings. The molecule has 0 radical (unpaired) electrons. The van der Waals surface area contributed by atoms with Crippen molar-refractivity contribution in [2.75, 3.05) is 13.1 Å². The second-order valence-electron chi connectivity index (χ2n) is 5.99. The van der Waals surface area contributed by atoms with E-state index in [1.54, 1.807) is 0 Å². The zero-order valence-electron chi connectivity index (χ0n) is 15.8. The molecule has 0 aromatic heterocycles. The summed E-state index contributed by atoms with van der Waals surface area (Å²) >= 11 is 0. The monoisotopic (exact) mass is 408 g/mol. The van der Waals surface area contributed by atoms with E-state index in [9.17, 15) is 14.4 Å². The quantitative estimate of drug-likeness (QED) is 0.111. The maximum Gasteiger partial charge on any atom is 0.323 e. The number of guanidine groups is 1. The molecular formula is C15H32N6O7. The van der Waals surface area contributed by atoms with Crippen LogP contribution in [0.3, 0.4) is 0 Å². The van der Waals surface area contributed by atoms with E-state index in [0.29, 0.717) is 19.4 Å². The highest BCUT2D eigenvalue weighted by molar-refractivity contribution is 5.75. The Hall–Kier alpha value is -2.48. The number of nitrogens with zero attached hydrogens (tertiary/aromatic N) is 1. The summed E-state index contributed by atoms with van der Waals surface area (Å²) in [5.41, 5.74) is 20.2. The van der Waals surface area contributed by atoms with Crippen molar-refractivity contribution in [1.82, 2.24) is 5.32 Å². The van der Waals surface area contributed by atoms with E-state index in [1.807, 2.05) is 0 Å². The van der Waals surface area contributed by atoms with E-state index in [-0.39, 0.29) is 12.0 Å². The minimum absolute atomic E-state index is 0.0129. The van der Waals surface area contributed by atoms with Crippen molar-refractivity contribution in [3.8, 4) is 0 Å². The van der Waals surface area contributed by atoms with Gasteiger partial charge < -0.3 is 48.7 Å². The van der Waals surface area contributed by atoms with Gasteiger partial charge in [-0.3, -0.25) is 19.4 Å². The Morgan fingerprint density at radius 1 is 1.14 bits per heavy atom. The minimum atomic E-state index is -1.18. The number of nitrogens with two attached hydrogens (primary N) is 4. The van der Waals surface area contributed by atoms with Crippen molar-refractivity contribution in [2.45, 2.75) is 56.8 Å². The Morgan fingerprint density at radius 2 is 1.71 bits per heavy atom. The standard InChI is InChI=1S/C6H14N4O2.C5H9NO2.C4H9NO3/c7-4(5(11)12)2-1-3-10-6(8)9;7-5(8)4-2-1-3-6-4;1-2(6)3(5)4(7)8/h4H,1-3,7H2,(H,11,12)(H4,8,9,10);4,6H,1-3H2,(H,7,8);2-3,6H,5H2,1H3,(H,7,8)/t;4-;/m.0./s1. The van der Waals surface area contributed by atoms with Gasteiger partial charge >= 0.3 is 17.9 Å². The van der Waals surface area contributed by atoms with Gasteiger partial charge in [-0.1, -0.05) is 0 Å². The number of aliphatic hydroxyl groups is 1. The molecule has 0 spiro atoms. The lowest BCUT2D eigenvalue weighted by atomic mass is 10.2. The van der Waals surface area contributed by atoms with Crippen molar-refractivity contribution in [1.29, 1.82) is 0 Å². The minimum Gasteiger partial charge on any atom is -0.480 e. The average molecular weight is 408 g/mol. The fourth-order valence-electron chi connectivity index (χ4n) is 1.74. The molecule has 0 aromatic rings. The summed E-state index contributed by atoms with van der Waals surface area (Å²) in [6.45, 7) is 2.61. The molecule has 0 aromatic carbocycles. The summed E-state index contributed by atoms with van der Waals surface area (Å²) in [6.07, 6.45) is 1.76. The summed E-state index contributed by atoms with van der Waals surface area (Å²) in [5.74, 6) is -2.89. The first-order chi connectivity index (χ1) is 12.9. The summed E-state index contributed by atoms with van der Waals surface area (Å²) in [6, 6.07) is -2.25. The Morgan fingerprint density at radius 3 is 1.96 bits per heavy atom. The molecule has 1 rings (SSSR count). The number of carbonyl (C=O) groups is 3. The highest BCUT2D eigenvalue weighted by Crippen LogP contribution is 2.03. The van der Waals surface area contributed by atoms with E-state index < -0.39 is 36.1 Å². The maximum absolute atomic E-state index is 10.2. The van der Waals surface area contributed by atoms with Crippen LogP contribution in [0.25, 0.3) is 0 Å². The molecule has 13 N–H and O–H groups in total. The fourth-order valence-corrected chi connectivity index (χ4v) is 1.74. The van der Waals surface area contributed by atoms with Gasteiger partial charge in [0.05, 0.1) is 6.10 Å². The number of nitrogens with one attached hydrogen (secondary N) is 1. The van der Waals surface area contributed by atoms with Gasteiger partial charge in [0.2, 0.25) is 0 Å².